The van der Waals surface area contributed by atoms with Crippen LogP contribution in [0.5, 0.6) is 0 Å². The average molecular weight is 327 g/mol. The van der Waals surface area contributed by atoms with Crippen LogP contribution in [0.15, 0.2) is 0 Å². The van der Waals surface area contributed by atoms with Gasteiger partial charge in [0.15, 0.2) is 0 Å². The maximum absolute atomic E-state index is 11.5. The second-order valence-electron chi connectivity index (χ2n) is 6.56. The zero-order chi connectivity index (χ0) is 17.2. The van der Waals surface area contributed by atoms with E-state index in [9.17, 15) is 9.59 Å². The third kappa shape index (κ3) is 18.9. The Morgan fingerprint density at radius 1 is 0.696 bits per heavy atom. The lowest BCUT2D eigenvalue weighted by Crippen LogP contribution is -2.27. The van der Waals surface area contributed by atoms with Gasteiger partial charge >= 0.3 is 0 Å². The zero-order valence-corrected chi connectivity index (χ0v) is 15.2. The minimum absolute atomic E-state index is 0.0364. The molecule has 0 aromatic rings. The van der Waals surface area contributed by atoms with E-state index < -0.39 is 0 Å². The molecule has 0 rings (SSSR count). The summed E-state index contributed by atoms with van der Waals surface area (Å²) in [6, 6.07) is 0. The maximum atomic E-state index is 11.5. The van der Waals surface area contributed by atoms with E-state index in [1.54, 1.807) is 0 Å². The average Bonchev–Trinajstić information content (AvgIpc) is 2.51. The summed E-state index contributed by atoms with van der Waals surface area (Å²) in [4.78, 5) is 22.0. The SMILES string of the molecule is CCCCCCCCCCCCCCCC(=O)NCCC(N)=O. The first-order valence-electron chi connectivity index (χ1n) is 9.71. The summed E-state index contributed by atoms with van der Waals surface area (Å²) in [5, 5.41) is 2.72. The smallest absolute Gasteiger partial charge is 0.220 e. The summed E-state index contributed by atoms with van der Waals surface area (Å²) in [5.41, 5.74) is 5.01. The molecule has 23 heavy (non-hydrogen) atoms. The number of hydrogen-bond donors (Lipinski definition) is 2. The normalized spacial score (nSPS) is 10.7. The number of carbonyl (C=O) groups excluding carboxylic acids is 2. The van der Waals surface area contributed by atoms with Crippen LogP contribution in [-0.2, 0) is 9.59 Å². The lowest BCUT2D eigenvalue weighted by molar-refractivity contribution is -0.121. The van der Waals surface area contributed by atoms with E-state index >= 15 is 0 Å². The second-order valence-corrected chi connectivity index (χ2v) is 6.56. The molecule has 0 heterocycles. The Balaban J connectivity index is 3.12. The van der Waals surface area contributed by atoms with Gasteiger partial charge in [0.1, 0.15) is 0 Å². The van der Waals surface area contributed by atoms with Crippen LogP contribution >= 0.6 is 0 Å². The first-order valence-corrected chi connectivity index (χ1v) is 9.71. The Bertz CT molecular complexity index is 293. The van der Waals surface area contributed by atoms with Crippen molar-refractivity contribution < 1.29 is 9.59 Å². The van der Waals surface area contributed by atoms with E-state index in [-0.39, 0.29) is 18.2 Å². The van der Waals surface area contributed by atoms with Gasteiger partial charge in [0.05, 0.1) is 0 Å². The number of nitrogens with two attached hydrogens (primary N) is 1. The molecule has 3 N–H and O–H groups in total. The fourth-order valence-electron chi connectivity index (χ4n) is 2.72. The molecular weight excluding hydrogens is 288 g/mol. The van der Waals surface area contributed by atoms with Crippen molar-refractivity contribution in [3.05, 3.63) is 0 Å². The van der Waals surface area contributed by atoms with Crippen molar-refractivity contribution in [2.75, 3.05) is 6.54 Å². The van der Waals surface area contributed by atoms with Gasteiger partial charge in [-0.15, -0.1) is 0 Å². The number of amides is 2. The maximum Gasteiger partial charge on any atom is 0.220 e. The van der Waals surface area contributed by atoms with Crippen LogP contribution in [-0.4, -0.2) is 18.4 Å². The second kappa shape index (κ2) is 17.3. The molecule has 0 aliphatic heterocycles. The number of hydrogen-bond acceptors (Lipinski definition) is 2. The van der Waals surface area contributed by atoms with Gasteiger partial charge < -0.3 is 11.1 Å². The lowest BCUT2D eigenvalue weighted by atomic mass is 10.0. The van der Waals surface area contributed by atoms with E-state index in [1.807, 2.05) is 0 Å². The predicted molar refractivity (Wildman–Crippen MR) is 97.1 cm³/mol. The molecule has 0 saturated carbocycles. The quantitative estimate of drug-likeness (QED) is 0.387. The van der Waals surface area contributed by atoms with Crippen molar-refractivity contribution in [3.8, 4) is 0 Å². The van der Waals surface area contributed by atoms with E-state index in [1.165, 1.54) is 70.6 Å². The van der Waals surface area contributed by atoms with Gasteiger partial charge in [-0.25, -0.2) is 0 Å². The largest absolute Gasteiger partial charge is 0.370 e. The van der Waals surface area contributed by atoms with Gasteiger partial charge in [-0.1, -0.05) is 84.0 Å². The van der Waals surface area contributed by atoms with Crippen LogP contribution in [0.25, 0.3) is 0 Å². The fraction of sp³-hybridized carbons (Fsp3) is 0.895. The Hall–Kier alpha value is -1.06. The van der Waals surface area contributed by atoms with Gasteiger partial charge in [-0.05, 0) is 6.42 Å². The van der Waals surface area contributed by atoms with E-state index in [2.05, 4.69) is 12.2 Å². The molecule has 2 amide bonds. The summed E-state index contributed by atoms with van der Waals surface area (Å²) in [6.07, 6.45) is 17.8. The molecule has 0 atom stereocenters. The Labute approximate surface area is 143 Å². The van der Waals surface area contributed by atoms with E-state index in [4.69, 9.17) is 5.73 Å². The summed E-state index contributed by atoms with van der Waals surface area (Å²) in [5.74, 6) is -0.333. The molecule has 0 fully saturated rings. The third-order valence-corrected chi connectivity index (χ3v) is 4.20. The lowest BCUT2D eigenvalue weighted by Gasteiger charge is -2.04. The molecule has 0 unspecified atom stereocenters. The molecule has 0 aromatic carbocycles. The van der Waals surface area contributed by atoms with Crippen molar-refractivity contribution in [1.82, 2.24) is 5.32 Å². The molecule has 0 aliphatic rings. The standard InChI is InChI=1S/C19H38N2O2/c1-2-3-4-5-6-7-8-9-10-11-12-13-14-15-19(23)21-17-16-18(20)22/h2-17H2,1H3,(H2,20,22)(H,21,23). The van der Waals surface area contributed by atoms with E-state index in [0.717, 1.165) is 12.8 Å². The van der Waals surface area contributed by atoms with E-state index in [0.29, 0.717) is 13.0 Å². The molecule has 136 valence electrons. The molecule has 0 aliphatic carbocycles. The third-order valence-electron chi connectivity index (χ3n) is 4.20. The topological polar surface area (TPSA) is 72.2 Å². The van der Waals surface area contributed by atoms with Crippen LogP contribution in [0.4, 0.5) is 0 Å². The highest BCUT2D eigenvalue weighted by Gasteiger charge is 2.01. The molecule has 4 nitrogen and oxygen atoms in total. The summed E-state index contributed by atoms with van der Waals surface area (Å²) in [7, 11) is 0. The zero-order valence-electron chi connectivity index (χ0n) is 15.2. The van der Waals surface area contributed by atoms with Gasteiger partial charge in [-0.2, -0.15) is 0 Å². The van der Waals surface area contributed by atoms with Crippen LogP contribution in [0, 0.1) is 0 Å². The van der Waals surface area contributed by atoms with Gasteiger partial charge in [0.25, 0.3) is 0 Å². The summed E-state index contributed by atoms with van der Waals surface area (Å²) < 4.78 is 0. The van der Waals surface area contributed by atoms with Crippen LogP contribution < -0.4 is 11.1 Å². The van der Waals surface area contributed by atoms with Crippen molar-refractivity contribution in [1.29, 1.82) is 0 Å². The Kier molecular flexibility index (Phi) is 16.5. The van der Waals surface area contributed by atoms with Crippen molar-refractivity contribution in [3.63, 3.8) is 0 Å². The molecule has 0 bridgehead atoms. The molecule has 0 spiro atoms. The predicted octanol–water partition coefficient (Wildman–Crippen LogP) is 4.46. The monoisotopic (exact) mass is 326 g/mol. The van der Waals surface area contributed by atoms with Crippen molar-refractivity contribution in [2.24, 2.45) is 5.73 Å². The van der Waals surface area contributed by atoms with Gasteiger partial charge in [0.2, 0.25) is 11.8 Å². The summed E-state index contributed by atoms with van der Waals surface area (Å²) in [6.45, 7) is 2.63. The molecule has 0 saturated heterocycles. The fourth-order valence-corrected chi connectivity index (χ4v) is 2.72. The Morgan fingerprint density at radius 2 is 1.13 bits per heavy atom. The first kappa shape index (κ1) is 21.9. The molecular formula is C19H38N2O2. The van der Waals surface area contributed by atoms with Crippen LogP contribution in [0.1, 0.15) is 103 Å². The van der Waals surface area contributed by atoms with Crippen molar-refractivity contribution in [2.45, 2.75) is 103 Å². The molecule has 4 heteroatoms. The number of primary amides is 1. The van der Waals surface area contributed by atoms with Crippen LogP contribution in [0.3, 0.4) is 0 Å². The minimum Gasteiger partial charge on any atom is -0.370 e. The molecule has 0 radical (unpaired) electrons. The highest BCUT2D eigenvalue weighted by molar-refractivity contribution is 5.77. The van der Waals surface area contributed by atoms with Gasteiger partial charge in [0, 0.05) is 19.4 Å². The number of unbranched alkanes of at least 4 members (excludes halogenated alkanes) is 12. The number of rotatable bonds is 17. The number of carbonyl (C=O) groups is 2. The number of nitrogens with one attached hydrogen (secondary N) is 1. The first-order chi connectivity index (χ1) is 11.2. The molecule has 0 aromatic heterocycles. The highest BCUT2D eigenvalue weighted by atomic mass is 16.2. The van der Waals surface area contributed by atoms with Gasteiger partial charge in [-0.3, -0.25) is 9.59 Å². The van der Waals surface area contributed by atoms with Crippen molar-refractivity contribution >= 4 is 11.8 Å². The Morgan fingerprint density at radius 3 is 1.57 bits per heavy atom. The van der Waals surface area contributed by atoms with Crippen LogP contribution in [0.2, 0.25) is 0 Å². The summed E-state index contributed by atoms with van der Waals surface area (Å²) >= 11 is 0. The minimum atomic E-state index is -0.369. The highest BCUT2D eigenvalue weighted by Crippen LogP contribution is 2.12.